The smallest absolute Gasteiger partial charge is 0.203 e. The fourth-order valence-electron chi connectivity index (χ4n) is 2.01. The lowest BCUT2D eigenvalue weighted by atomic mass is 9.92. The summed E-state index contributed by atoms with van der Waals surface area (Å²) in [5, 5.41) is 9.28. The van der Waals surface area contributed by atoms with Crippen LogP contribution >= 0.6 is 0 Å². The van der Waals surface area contributed by atoms with E-state index in [4.69, 9.17) is 0 Å². The Balaban J connectivity index is 2.12. The molecule has 0 saturated carbocycles. The molecule has 1 aliphatic rings. The fourth-order valence-corrected chi connectivity index (χ4v) is 2.01. The van der Waals surface area contributed by atoms with E-state index in [1.807, 2.05) is 6.08 Å². The highest BCUT2D eigenvalue weighted by atomic mass is 16.3. The number of hydrogen-bond donors (Lipinski definition) is 1. The minimum absolute atomic E-state index is 0.0847. The van der Waals surface area contributed by atoms with Gasteiger partial charge in [0.15, 0.2) is 5.76 Å². The summed E-state index contributed by atoms with van der Waals surface area (Å²) >= 11 is 0. The van der Waals surface area contributed by atoms with Gasteiger partial charge in [-0.2, -0.15) is 0 Å². The molecule has 16 heavy (non-hydrogen) atoms. The Morgan fingerprint density at radius 2 is 1.88 bits per heavy atom. The summed E-state index contributed by atoms with van der Waals surface area (Å²) in [7, 11) is 0. The van der Waals surface area contributed by atoms with Gasteiger partial charge in [-0.3, -0.25) is 4.79 Å². The Kier molecular flexibility index (Phi) is 5.91. The number of carbonyl (C=O) groups is 1. The van der Waals surface area contributed by atoms with Gasteiger partial charge in [-0.05, 0) is 12.5 Å². The van der Waals surface area contributed by atoms with Crippen molar-refractivity contribution in [3.05, 3.63) is 24.0 Å². The minimum Gasteiger partial charge on any atom is -0.504 e. The Bertz CT molecular complexity index is 276. The molecule has 0 aromatic heterocycles. The van der Waals surface area contributed by atoms with E-state index in [9.17, 15) is 9.90 Å². The van der Waals surface area contributed by atoms with Gasteiger partial charge in [0.1, 0.15) is 0 Å². The molecular formula is C14H22O2. The number of aliphatic hydroxyl groups excluding tert-OH is 1. The second kappa shape index (κ2) is 7.26. The van der Waals surface area contributed by atoms with Crippen LogP contribution < -0.4 is 0 Å². The lowest BCUT2D eigenvalue weighted by molar-refractivity contribution is -0.120. The summed E-state index contributed by atoms with van der Waals surface area (Å²) in [6.07, 6.45) is 13.4. The zero-order valence-corrected chi connectivity index (χ0v) is 10.1. The van der Waals surface area contributed by atoms with Gasteiger partial charge in [0.05, 0.1) is 0 Å². The lowest BCUT2D eigenvalue weighted by Crippen LogP contribution is -2.16. The van der Waals surface area contributed by atoms with E-state index in [2.05, 4.69) is 6.92 Å². The Morgan fingerprint density at radius 1 is 1.19 bits per heavy atom. The van der Waals surface area contributed by atoms with Crippen molar-refractivity contribution in [3.63, 3.8) is 0 Å². The average Bonchev–Trinajstić information content (AvgIpc) is 2.29. The molecule has 0 aliphatic heterocycles. The summed E-state index contributed by atoms with van der Waals surface area (Å²) in [6, 6.07) is 0. The molecule has 1 aliphatic carbocycles. The number of Topliss-reactive ketones (excluding diaryl/α,β-unsaturated/α-hetero) is 1. The first kappa shape index (κ1) is 13.0. The van der Waals surface area contributed by atoms with Gasteiger partial charge in [-0.15, -0.1) is 0 Å². The van der Waals surface area contributed by atoms with Gasteiger partial charge < -0.3 is 5.11 Å². The monoisotopic (exact) mass is 222 g/mol. The number of hydrogen-bond acceptors (Lipinski definition) is 2. The third-order valence-electron chi connectivity index (χ3n) is 3.06. The fraction of sp³-hybridized carbons (Fsp3) is 0.643. The molecule has 0 aromatic rings. The Hall–Kier alpha value is -1.05. The molecule has 0 heterocycles. The van der Waals surface area contributed by atoms with Crippen molar-refractivity contribution in [2.24, 2.45) is 5.92 Å². The van der Waals surface area contributed by atoms with Crippen molar-refractivity contribution in [2.75, 3.05) is 0 Å². The number of unbranched alkanes of at least 4 members (excludes halogenated alkanes) is 5. The molecule has 90 valence electrons. The Labute approximate surface area is 98.1 Å². The van der Waals surface area contributed by atoms with E-state index < -0.39 is 0 Å². The van der Waals surface area contributed by atoms with Crippen molar-refractivity contribution >= 4 is 5.78 Å². The van der Waals surface area contributed by atoms with Crippen LogP contribution in [-0.4, -0.2) is 10.9 Å². The third kappa shape index (κ3) is 4.21. The van der Waals surface area contributed by atoms with Crippen LogP contribution in [0, 0.1) is 5.92 Å². The molecule has 1 unspecified atom stereocenters. The highest BCUT2D eigenvalue weighted by molar-refractivity contribution is 5.97. The van der Waals surface area contributed by atoms with Crippen LogP contribution in [0.25, 0.3) is 0 Å². The predicted molar refractivity (Wildman–Crippen MR) is 66.3 cm³/mol. The predicted octanol–water partition coefficient (Wildman–Crippen LogP) is 3.93. The first-order valence-electron chi connectivity index (χ1n) is 6.37. The van der Waals surface area contributed by atoms with Crippen LogP contribution in [0.2, 0.25) is 0 Å². The van der Waals surface area contributed by atoms with E-state index >= 15 is 0 Å². The number of ketones is 1. The molecule has 1 atom stereocenters. The number of carbonyl (C=O) groups excluding carboxylic acids is 1. The highest BCUT2D eigenvalue weighted by Gasteiger charge is 2.20. The molecule has 0 amide bonds. The number of allylic oxidation sites excluding steroid dienone is 4. The second-order valence-corrected chi connectivity index (χ2v) is 4.46. The topological polar surface area (TPSA) is 37.3 Å². The third-order valence-corrected chi connectivity index (χ3v) is 3.06. The molecule has 2 nitrogen and oxygen atoms in total. The van der Waals surface area contributed by atoms with Crippen molar-refractivity contribution in [1.29, 1.82) is 0 Å². The van der Waals surface area contributed by atoms with Gasteiger partial charge in [0.2, 0.25) is 5.78 Å². The van der Waals surface area contributed by atoms with Gasteiger partial charge in [0, 0.05) is 5.92 Å². The largest absolute Gasteiger partial charge is 0.504 e. The molecular weight excluding hydrogens is 200 g/mol. The van der Waals surface area contributed by atoms with Crippen LogP contribution in [0.15, 0.2) is 24.0 Å². The molecule has 0 spiro atoms. The standard InChI is InChI=1S/C14H22O2/c1-2-3-4-5-6-7-9-12-10-8-11-13(15)14(12)16/h8,10-12,15H,2-7,9H2,1H3. The van der Waals surface area contributed by atoms with Crippen LogP contribution in [0.4, 0.5) is 0 Å². The first-order valence-corrected chi connectivity index (χ1v) is 6.37. The molecule has 0 fully saturated rings. The normalized spacial score (nSPS) is 19.9. The van der Waals surface area contributed by atoms with Crippen LogP contribution in [0.3, 0.4) is 0 Å². The van der Waals surface area contributed by atoms with Crippen molar-refractivity contribution in [2.45, 2.75) is 51.9 Å². The summed E-state index contributed by atoms with van der Waals surface area (Å²) in [6.45, 7) is 2.21. The van der Waals surface area contributed by atoms with Crippen molar-refractivity contribution < 1.29 is 9.90 Å². The van der Waals surface area contributed by atoms with Crippen molar-refractivity contribution in [3.8, 4) is 0 Å². The van der Waals surface area contributed by atoms with E-state index in [0.29, 0.717) is 0 Å². The SMILES string of the molecule is CCCCCCCCC1C=CC=C(O)C1=O. The van der Waals surface area contributed by atoms with Crippen LogP contribution in [-0.2, 0) is 4.79 Å². The van der Waals surface area contributed by atoms with Crippen LogP contribution in [0.1, 0.15) is 51.9 Å². The second-order valence-electron chi connectivity index (χ2n) is 4.46. The van der Waals surface area contributed by atoms with E-state index in [1.165, 1.54) is 38.2 Å². The number of rotatable bonds is 7. The molecule has 0 saturated heterocycles. The van der Waals surface area contributed by atoms with Gasteiger partial charge in [-0.1, -0.05) is 57.6 Å². The molecule has 2 heteroatoms. The van der Waals surface area contributed by atoms with Crippen LogP contribution in [0.5, 0.6) is 0 Å². The molecule has 0 bridgehead atoms. The van der Waals surface area contributed by atoms with Crippen molar-refractivity contribution in [1.82, 2.24) is 0 Å². The highest BCUT2D eigenvalue weighted by Crippen LogP contribution is 2.19. The zero-order chi connectivity index (χ0) is 11.8. The molecule has 0 aromatic carbocycles. The molecule has 1 N–H and O–H groups in total. The van der Waals surface area contributed by atoms with Gasteiger partial charge >= 0.3 is 0 Å². The van der Waals surface area contributed by atoms with E-state index in [-0.39, 0.29) is 17.5 Å². The molecule has 1 rings (SSSR count). The lowest BCUT2D eigenvalue weighted by Gasteiger charge is -2.13. The average molecular weight is 222 g/mol. The number of aliphatic hydroxyl groups is 1. The summed E-state index contributed by atoms with van der Waals surface area (Å²) < 4.78 is 0. The molecule has 0 radical (unpaired) electrons. The van der Waals surface area contributed by atoms with E-state index in [1.54, 1.807) is 6.08 Å². The first-order chi connectivity index (χ1) is 7.75. The minimum atomic E-state index is -0.115. The maximum atomic E-state index is 11.5. The zero-order valence-electron chi connectivity index (χ0n) is 10.1. The Morgan fingerprint density at radius 3 is 2.62 bits per heavy atom. The summed E-state index contributed by atoms with van der Waals surface area (Å²) in [5.41, 5.74) is 0. The maximum absolute atomic E-state index is 11.5. The van der Waals surface area contributed by atoms with Gasteiger partial charge in [-0.25, -0.2) is 0 Å². The quantitative estimate of drug-likeness (QED) is 0.662. The summed E-state index contributed by atoms with van der Waals surface area (Å²) in [4.78, 5) is 11.5. The van der Waals surface area contributed by atoms with Gasteiger partial charge in [0.25, 0.3) is 0 Å². The maximum Gasteiger partial charge on any atom is 0.203 e. The summed E-state index contributed by atoms with van der Waals surface area (Å²) in [5.74, 6) is -0.286. The van der Waals surface area contributed by atoms with E-state index in [0.717, 1.165) is 12.8 Å².